The van der Waals surface area contributed by atoms with Crippen molar-refractivity contribution in [1.29, 1.82) is 0 Å². The molecule has 0 unspecified atom stereocenters. The fourth-order valence-electron chi connectivity index (χ4n) is 5.13. The average Bonchev–Trinajstić information content (AvgIpc) is 2.96. The van der Waals surface area contributed by atoms with Gasteiger partial charge >= 0.3 is 6.03 Å². The van der Waals surface area contributed by atoms with E-state index in [2.05, 4.69) is 41.8 Å². The van der Waals surface area contributed by atoms with Crippen LogP contribution in [0.25, 0.3) is 0 Å². The molecule has 1 saturated heterocycles. The van der Waals surface area contributed by atoms with Crippen molar-refractivity contribution in [3.05, 3.63) is 35.9 Å². The maximum atomic E-state index is 12.9. The van der Waals surface area contributed by atoms with E-state index >= 15 is 0 Å². The fraction of sp³-hybridized carbons (Fsp3) is 0.609. The van der Waals surface area contributed by atoms with Gasteiger partial charge < -0.3 is 10.6 Å². The van der Waals surface area contributed by atoms with Crippen LogP contribution in [0, 0.1) is 5.92 Å². The minimum absolute atomic E-state index is 0.118. The van der Waals surface area contributed by atoms with E-state index in [0.29, 0.717) is 24.7 Å². The van der Waals surface area contributed by atoms with Crippen LogP contribution in [-0.4, -0.2) is 40.9 Å². The quantitative estimate of drug-likeness (QED) is 0.765. The van der Waals surface area contributed by atoms with Gasteiger partial charge in [-0.25, -0.2) is 4.79 Å². The molecule has 1 aromatic rings. The van der Waals surface area contributed by atoms with Gasteiger partial charge in [0.25, 0.3) is 5.91 Å². The van der Waals surface area contributed by atoms with Gasteiger partial charge in [0.2, 0.25) is 5.91 Å². The number of urea groups is 1. The highest BCUT2D eigenvalue weighted by molar-refractivity contribution is 6.09. The van der Waals surface area contributed by atoms with Crippen molar-refractivity contribution in [3.63, 3.8) is 0 Å². The molecular formula is C23H31N3O3. The van der Waals surface area contributed by atoms with Crippen LogP contribution in [0.1, 0.15) is 69.8 Å². The number of hydrogen-bond donors (Lipinski definition) is 2. The monoisotopic (exact) mass is 397 g/mol. The number of hydrogen-bond acceptors (Lipinski definition) is 3. The van der Waals surface area contributed by atoms with Crippen LogP contribution in [0.4, 0.5) is 4.79 Å². The lowest BCUT2D eigenvalue weighted by atomic mass is 9.77. The molecule has 6 nitrogen and oxygen atoms in total. The van der Waals surface area contributed by atoms with Gasteiger partial charge in [-0.2, -0.15) is 0 Å². The minimum atomic E-state index is -0.780. The summed E-state index contributed by atoms with van der Waals surface area (Å²) in [5, 5.41) is 5.92. The van der Waals surface area contributed by atoms with Gasteiger partial charge in [-0.05, 0) is 68.8 Å². The maximum absolute atomic E-state index is 12.9. The molecular weight excluding hydrogens is 366 g/mol. The van der Waals surface area contributed by atoms with Crippen LogP contribution >= 0.6 is 0 Å². The van der Waals surface area contributed by atoms with E-state index in [-0.39, 0.29) is 24.4 Å². The van der Waals surface area contributed by atoms with Crippen LogP contribution in [0.3, 0.4) is 0 Å². The van der Waals surface area contributed by atoms with E-state index in [9.17, 15) is 14.4 Å². The van der Waals surface area contributed by atoms with Crippen molar-refractivity contribution in [2.75, 3.05) is 6.54 Å². The second kappa shape index (κ2) is 8.17. The van der Waals surface area contributed by atoms with Gasteiger partial charge in [0, 0.05) is 6.04 Å². The molecule has 1 aliphatic heterocycles. The van der Waals surface area contributed by atoms with Gasteiger partial charge in [-0.1, -0.05) is 37.3 Å². The first kappa shape index (κ1) is 19.9. The van der Waals surface area contributed by atoms with Crippen LogP contribution in [0.15, 0.2) is 30.3 Å². The number of nitrogens with zero attached hydrogens (tertiary/aromatic N) is 1. The highest BCUT2D eigenvalue weighted by Gasteiger charge is 2.52. The molecule has 0 atom stereocenters. The zero-order valence-electron chi connectivity index (χ0n) is 17.2. The Morgan fingerprint density at radius 1 is 1.07 bits per heavy atom. The Morgan fingerprint density at radius 2 is 1.72 bits per heavy atom. The van der Waals surface area contributed by atoms with Gasteiger partial charge in [-0.3, -0.25) is 14.5 Å². The first-order valence-electron chi connectivity index (χ1n) is 11.0. The van der Waals surface area contributed by atoms with Crippen LogP contribution < -0.4 is 10.6 Å². The molecule has 1 aromatic carbocycles. The molecule has 3 aliphatic rings. The maximum Gasteiger partial charge on any atom is 0.325 e. The molecule has 0 bridgehead atoms. The summed E-state index contributed by atoms with van der Waals surface area (Å²) in [6.45, 7) is 1.99. The van der Waals surface area contributed by atoms with Gasteiger partial charge in [0.05, 0.1) is 0 Å². The van der Waals surface area contributed by atoms with Gasteiger partial charge in [0.15, 0.2) is 0 Å². The number of rotatable bonds is 4. The average molecular weight is 398 g/mol. The topological polar surface area (TPSA) is 78.5 Å². The highest BCUT2D eigenvalue weighted by Crippen LogP contribution is 2.36. The third kappa shape index (κ3) is 4.16. The van der Waals surface area contributed by atoms with E-state index in [1.165, 1.54) is 5.56 Å². The summed E-state index contributed by atoms with van der Waals surface area (Å²) in [6.07, 6.45) is 7.12. The Kier molecular flexibility index (Phi) is 5.61. The van der Waals surface area contributed by atoms with Crippen molar-refractivity contribution < 1.29 is 14.4 Å². The molecule has 1 spiro atoms. The first-order chi connectivity index (χ1) is 14.0. The summed E-state index contributed by atoms with van der Waals surface area (Å²) in [7, 11) is 0. The predicted molar refractivity (Wildman–Crippen MR) is 110 cm³/mol. The van der Waals surface area contributed by atoms with Gasteiger partial charge in [-0.15, -0.1) is 0 Å². The molecule has 29 heavy (non-hydrogen) atoms. The van der Waals surface area contributed by atoms with Gasteiger partial charge in [0.1, 0.15) is 12.1 Å². The zero-order valence-corrected chi connectivity index (χ0v) is 17.2. The number of nitrogens with one attached hydrogen (secondary N) is 2. The highest BCUT2D eigenvalue weighted by atomic mass is 16.2. The van der Waals surface area contributed by atoms with Crippen molar-refractivity contribution in [2.45, 2.75) is 75.8 Å². The number of imide groups is 1. The molecule has 2 saturated carbocycles. The molecule has 4 amide bonds. The first-order valence-corrected chi connectivity index (χ1v) is 11.0. The van der Waals surface area contributed by atoms with Crippen LogP contribution in [-0.2, 0) is 9.59 Å². The molecule has 4 rings (SSSR count). The van der Waals surface area contributed by atoms with E-state index in [1.54, 1.807) is 0 Å². The third-order valence-electron chi connectivity index (χ3n) is 7.04. The molecule has 2 N–H and O–H groups in total. The summed E-state index contributed by atoms with van der Waals surface area (Å²) in [6, 6.07) is 10.2. The normalized spacial score (nSPS) is 32.3. The summed E-state index contributed by atoms with van der Waals surface area (Å²) < 4.78 is 0. The molecule has 0 aromatic heterocycles. The minimum Gasteiger partial charge on any atom is -0.352 e. The standard InChI is InChI=1S/C23H31N3O3/c1-16-11-13-23(14-12-16)21(28)26(22(29)25-23)15-20(27)24-19-9-7-18(8-10-19)17-5-3-2-4-6-17/h2-6,16,18-19H,7-15H2,1H3,(H,24,27)(H,25,29). The lowest BCUT2D eigenvalue weighted by Crippen LogP contribution is -2.50. The lowest BCUT2D eigenvalue weighted by Gasteiger charge is -2.33. The van der Waals surface area contributed by atoms with Crippen LogP contribution in [0.2, 0.25) is 0 Å². The zero-order chi connectivity index (χ0) is 20.4. The number of carbonyl (C=O) groups is 3. The third-order valence-corrected chi connectivity index (χ3v) is 7.04. The van der Waals surface area contributed by atoms with E-state index in [4.69, 9.17) is 0 Å². The molecule has 6 heteroatoms. The Morgan fingerprint density at radius 3 is 2.38 bits per heavy atom. The SMILES string of the molecule is CC1CCC2(CC1)NC(=O)N(CC(=O)NC1CCC(c3ccccc3)CC1)C2=O. The molecule has 0 radical (unpaired) electrons. The largest absolute Gasteiger partial charge is 0.352 e. The lowest BCUT2D eigenvalue weighted by molar-refractivity contribution is -0.136. The fourth-order valence-corrected chi connectivity index (χ4v) is 5.13. The number of benzene rings is 1. The summed E-state index contributed by atoms with van der Waals surface area (Å²) in [5.74, 6) is 0.660. The summed E-state index contributed by atoms with van der Waals surface area (Å²) in [5.41, 5.74) is 0.584. The predicted octanol–water partition coefficient (Wildman–Crippen LogP) is 3.33. The summed E-state index contributed by atoms with van der Waals surface area (Å²) >= 11 is 0. The second-order valence-electron chi connectivity index (χ2n) is 9.11. The summed E-state index contributed by atoms with van der Waals surface area (Å²) in [4.78, 5) is 38.9. The number of carbonyl (C=O) groups excluding carboxylic acids is 3. The molecule has 1 heterocycles. The van der Waals surface area contributed by atoms with Crippen molar-refractivity contribution in [2.24, 2.45) is 5.92 Å². The Bertz CT molecular complexity index is 763. The smallest absolute Gasteiger partial charge is 0.325 e. The van der Waals surface area contributed by atoms with Crippen LogP contribution in [0.5, 0.6) is 0 Å². The van der Waals surface area contributed by atoms with Crippen molar-refractivity contribution in [3.8, 4) is 0 Å². The van der Waals surface area contributed by atoms with E-state index < -0.39 is 11.6 Å². The van der Waals surface area contributed by atoms with Crippen molar-refractivity contribution >= 4 is 17.8 Å². The molecule has 2 aliphatic carbocycles. The van der Waals surface area contributed by atoms with E-state index in [1.807, 2.05) is 6.07 Å². The van der Waals surface area contributed by atoms with E-state index in [0.717, 1.165) is 43.4 Å². The molecule has 3 fully saturated rings. The molecule has 156 valence electrons. The van der Waals surface area contributed by atoms with Crippen molar-refractivity contribution in [1.82, 2.24) is 15.5 Å². The Hall–Kier alpha value is -2.37. The Balaban J connectivity index is 1.28. The Labute approximate surface area is 172 Å². The second-order valence-corrected chi connectivity index (χ2v) is 9.11. The number of amides is 4.